The Bertz CT molecular complexity index is 616. The maximum absolute atomic E-state index is 12.9. The molecular weight excluding hydrogens is 289 g/mol. The molecule has 0 saturated carbocycles. The van der Waals surface area contributed by atoms with Crippen LogP contribution in [0.25, 0.3) is 0 Å². The van der Waals surface area contributed by atoms with Gasteiger partial charge in [-0.15, -0.1) is 11.8 Å². The fourth-order valence-corrected chi connectivity index (χ4v) is 2.62. The van der Waals surface area contributed by atoms with Gasteiger partial charge in [0.25, 0.3) is 0 Å². The van der Waals surface area contributed by atoms with Crippen molar-refractivity contribution in [3.63, 3.8) is 0 Å². The summed E-state index contributed by atoms with van der Waals surface area (Å²) in [5, 5.41) is 2.53. The van der Waals surface area contributed by atoms with Gasteiger partial charge in [-0.2, -0.15) is 0 Å². The molecule has 21 heavy (non-hydrogen) atoms. The zero-order valence-corrected chi connectivity index (χ0v) is 12.6. The van der Waals surface area contributed by atoms with E-state index < -0.39 is 0 Å². The number of halogens is 1. The standard InChI is InChI=1S/C16H16FNO2S/c1-11(21-13-9-7-12(17)8-10-13)16(19)18-14-5-3-4-6-15(14)20-2/h3-11H,1-2H3,(H,18,19). The van der Waals surface area contributed by atoms with Gasteiger partial charge in [-0.3, -0.25) is 4.79 Å². The average Bonchev–Trinajstić information content (AvgIpc) is 2.50. The Morgan fingerprint density at radius 3 is 2.52 bits per heavy atom. The lowest BCUT2D eigenvalue weighted by Crippen LogP contribution is -2.22. The lowest BCUT2D eigenvalue weighted by molar-refractivity contribution is -0.115. The first kappa shape index (κ1) is 15.4. The highest BCUT2D eigenvalue weighted by Gasteiger charge is 2.16. The van der Waals surface area contributed by atoms with Crippen molar-refractivity contribution in [2.75, 3.05) is 12.4 Å². The first-order chi connectivity index (χ1) is 10.1. The van der Waals surface area contributed by atoms with Crippen molar-refractivity contribution in [1.82, 2.24) is 0 Å². The number of ether oxygens (including phenoxy) is 1. The first-order valence-electron chi connectivity index (χ1n) is 6.46. The number of carbonyl (C=O) groups excluding carboxylic acids is 1. The molecule has 1 unspecified atom stereocenters. The minimum absolute atomic E-state index is 0.131. The Hall–Kier alpha value is -2.01. The maximum Gasteiger partial charge on any atom is 0.237 e. The number of amides is 1. The second-order valence-corrected chi connectivity index (χ2v) is 5.82. The third-order valence-electron chi connectivity index (χ3n) is 2.86. The van der Waals surface area contributed by atoms with E-state index >= 15 is 0 Å². The molecule has 3 nitrogen and oxygen atoms in total. The summed E-state index contributed by atoms with van der Waals surface area (Å²) in [6, 6.07) is 13.3. The van der Waals surface area contributed by atoms with Crippen LogP contribution in [0.4, 0.5) is 10.1 Å². The van der Waals surface area contributed by atoms with E-state index in [0.29, 0.717) is 11.4 Å². The number of methoxy groups -OCH3 is 1. The summed E-state index contributed by atoms with van der Waals surface area (Å²) < 4.78 is 18.0. The zero-order valence-electron chi connectivity index (χ0n) is 11.8. The van der Waals surface area contributed by atoms with Gasteiger partial charge >= 0.3 is 0 Å². The van der Waals surface area contributed by atoms with E-state index in [-0.39, 0.29) is 17.0 Å². The summed E-state index contributed by atoms with van der Waals surface area (Å²) >= 11 is 1.37. The smallest absolute Gasteiger partial charge is 0.237 e. The van der Waals surface area contributed by atoms with E-state index in [0.717, 1.165) is 4.90 Å². The molecule has 5 heteroatoms. The summed E-state index contributed by atoms with van der Waals surface area (Å²) in [6.45, 7) is 1.80. The van der Waals surface area contributed by atoms with Crippen LogP contribution in [-0.2, 0) is 4.79 Å². The van der Waals surface area contributed by atoms with Gasteiger partial charge in [0, 0.05) is 4.90 Å². The molecule has 1 atom stereocenters. The average molecular weight is 305 g/mol. The molecule has 0 aliphatic carbocycles. The van der Waals surface area contributed by atoms with Crippen LogP contribution in [0, 0.1) is 5.82 Å². The van der Waals surface area contributed by atoms with E-state index in [1.54, 1.807) is 38.3 Å². The highest BCUT2D eigenvalue weighted by atomic mass is 32.2. The van der Waals surface area contributed by atoms with Crippen LogP contribution >= 0.6 is 11.8 Å². The summed E-state index contributed by atoms with van der Waals surface area (Å²) in [5.41, 5.74) is 0.636. The van der Waals surface area contributed by atoms with Gasteiger partial charge in [0.1, 0.15) is 11.6 Å². The highest BCUT2D eigenvalue weighted by Crippen LogP contribution is 2.27. The van der Waals surface area contributed by atoms with Gasteiger partial charge in [-0.1, -0.05) is 12.1 Å². The Morgan fingerprint density at radius 1 is 1.19 bits per heavy atom. The molecule has 0 saturated heterocycles. The summed E-state index contributed by atoms with van der Waals surface area (Å²) in [7, 11) is 1.56. The summed E-state index contributed by atoms with van der Waals surface area (Å²) in [6.07, 6.45) is 0. The quantitative estimate of drug-likeness (QED) is 0.850. The second kappa shape index (κ2) is 7.13. The number of para-hydroxylation sites is 2. The number of rotatable bonds is 5. The molecule has 0 fully saturated rings. The van der Waals surface area contributed by atoms with Gasteiger partial charge in [0.2, 0.25) is 5.91 Å². The van der Waals surface area contributed by atoms with Gasteiger partial charge in [0.05, 0.1) is 18.0 Å². The number of nitrogens with one attached hydrogen (secondary N) is 1. The van der Waals surface area contributed by atoms with Crippen LogP contribution in [0.1, 0.15) is 6.92 Å². The number of hydrogen-bond acceptors (Lipinski definition) is 3. The van der Waals surface area contributed by atoms with Gasteiger partial charge in [0.15, 0.2) is 0 Å². The first-order valence-corrected chi connectivity index (χ1v) is 7.34. The van der Waals surface area contributed by atoms with E-state index in [2.05, 4.69) is 5.32 Å². The van der Waals surface area contributed by atoms with Gasteiger partial charge in [-0.25, -0.2) is 4.39 Å². The fraction of sp³-hybridized carbons (Fsp3) is 0.188. The number of hydrogen-bond donors (Lipinski definition) is 1. The molecule has 0 aliphatic heterocycles. The van der Waals surface area contributed by atoms with Crippen molar-refractivity contribution >= 4 is 23.4 Å². The number of anilines is 1. The van der Waals surface area contributed by atoms with Gasteiger partial charge in [-0.05, 0) is 43.3 Å². The minimum Gasteiger partial charge on any atom is -0.495 e. The second-order valence-electron chi connectivity index (χ2n) is 4.40. The lowest BCUT2D eigenvalue weighted by Gasteiger charge is -2.14. The molecule has 0 heterocycles. The number of benzene rings is 2. The fourth-order valence-electron chi connectivity index (χ4n) is 1.75. The Labute approximate surface area is 127 Å². The largest absolute Gasteiger partial charge is 0.495 e. The SMILES string of the molecule is COc1ccccc1NC(=O)C(C)Sc1ccc(F)cc1. The van der Waals surface area contributed by atoms with Crippen molar-refractivity contribution in [2.24, 2.45) is 0 Å². The molecule has 0 spiro atoms. The molecule has 1 N–H and O–H groups in total. The Balaban J connectivity index is 2.01. The molecule has 110 valence electrons. The van der Waals surface area contributed by atoms with E-state index in [1.807, 2.05) is 12.1 Å². The predicted molar refractivity (Wildman–Crippen MR) is 83.3 cm³/mol. The molecule has 0 aliphatic rings. The molecule has 2 aromatic rings. The van der Waals surface area contributed by atoms with E-state index in [9.17, 15) is 9.18 Å². The van der Waals surface area contributed by atoms with Crippen LogP contribution in [0.2, 0.25) is 0 Å². The van der Waals surface area contributed by atoms with Crippen molar-refractivity contribution in [3.05, 3.63) is 54.3 Å². The molecular formula is C16H16FNO2S. The lowest BCUT2D eigenvalue weighted by atomic mass is 10.3. The Kier molecular flexibility index (Phi) is 5.22. The highest BCUT2D eigenvalue weighted by molar-refractivity contribution is 8.00. The molecule has 0 radical (unpaired) electrons. The molecule has 2 aromatic carbocycles. The van der Waals surface area contributed by atoms with Crippen LogP contribution in [0.5, 0.6) is 5.75 Å². The van der Waals surface area contributed by atoms with E-state index in [4.69, 9.17) is 4.74 Å². The summed E-state index contributed by atoms with van der Waals surface area (Å²) in [4.78, 5) is 13.0. The molecule has 1 amide bonds. The molecule has 2 rings (SSSR count). The third-order valence-corrected chi connectivity index (χ3v) is 3.97. The zero-order chi connectivity index (χ0) is 15.2. The van der Waals surface area contributed by atoms with Crippen LogP contribution in [-0.4, -0.2) is 18.3 Å². The Morgan fingerprint density at radius 2 is 1.86 bits per heavy atom. The predicted octanol–water partition coefficient (Wildman–Crippen LogP) is 3.95. The molecule has 0 bridgehead atoms. The minimum atomic E-state index is -0.305. The van der Waals surface area contributed by atoms with Gasteiger partial charge < -0.3 is 10.1 Å². The normalized spacial score (nSPS) is 11.8. The maximum atomic E-state index is 12.9. The third kappa shape index (κ3) is 4.23. The topological polar surface area (TPSA) is 38.3 Å². The molecule has 0 aromatic heterocycles. The summed E-state index contributed by atoms with van der Waals surface area (Å²) in [5.74, 6) is 0.198. The van der Waals surface area contributed by atoms with Crippen LogP contribution < -0.4 is 10.1 Å². The van der Waals surface area contributed by atoms with Crippen molar-refractivity contribution < 1.29 is 13.9 Å². The number of thioether (sulfide) groups is 1. The van der Waals surface area contributed by atoms with Crippen LogP contribution in [0.3, 0.4) is 0 Å². The van der Waals surface area contributed by atoms with Crippen molar-refractivity contribution in [1.29, 1.82) is 0 Å². The van der Waals surface area contributed by atoms with Crippen molar-refractivity contribution in [3.8, 4) is 5.75 Å². The van der Waals surface area contributed by atoms with Crippen molar-refractivity contribution in [2.45, 2.75) is 17.1 Å². The van der Waals surface area contributed by atoms with Crippen LogP contribution in [0.15, 0.2) is 53.4 Å². The monoisotopic (exact) mass is 305 g/mol. The van der Waals surface area contributed by atoms with E-state index in [1.165, 1.54) is 23.9 Å². The number of carbonyl (C=O) groups is 1.